The van der Waals surface area contributed by atoms with Crippen LogP contribution in [0.3, 0.4) is 0 Å². The van der Waals surface area contributed by atoms with E-state index in [1.54, 1.807) is 0 Å². The molecule has 0 unspecified atom stereocenters. The van der Waals surface area contributed by atoms with Crippen LogP contribution in [0, 0.1) is 23.3 Å². The summed E-state index contributed by atoms with van der Waals surface area (Å²) in [5.41, 5.74) is -1.09. The molecule has 0 aliphatic rings. The van der Waals surface area contributed by atoms with Gasteiger partial charge in [-0.15, -0.1) is 0 Å². The van der Waals surface area contributed by atoms with Crippen LogP contribution in [0.15, 0.2) is 30.3 Å². The SMILES string of the molecule is O=C(O)c1cc(F)c(OCc2c(F)cccc2F)c(F)c1. The minimum absolute atomic E-state index is 0.487. The average Bonchev–Trinajstić information content (AvgIpc) is 2.40. The molecule has 0 amide bonds. The zero-order valence-electron chi connectivity index (χ0n) is 10.4. The van der Waals surface area contributed by atoms with E-state index in [9.17, 15) is 22.4 Å². The molecule has 0 saturated carbocycles. The predicted molar refractivity (Wildman–Crippen MR) is 64.0 cm³/mol. The first-order valence-electron chi connectivity index (χ1n) is 5.68. The van der Waals surface area contributed by atoms with Crippen LogP contribution < -0.4 is 4.74 Å². The first-order valence-corrected chi connectivity index (χ1v) is 5.68. The Kier molecular flexibility index (Phi) is 4.11. The number of hydrogen-bond donors (Lipinski definition) is 1. The van der Waals surface area contributed by atoms with E-state index in [4.69, 9.17) is 9.84 Å². The van der Waals surface area contributed by atoms with Gasteiger partial charge in [-0.25, -0.2) is 22.4 Å². The zero-order chi connectivity index (χ0) is 15.6. The number of halogens is 4. The lowest BCUT2D eigenvalue weighted by atomic mass is 10.2. The van der Waals surface area contributed by atoms with Gasteiger partial charge in [0.05, 0.1) is 11.1 Å². The summed E-state index contributed by atoms with van der Waals surface area (Å²) in [5, 5.41) is 8.63. The molecular weight excluding hydrogens is 292 g/mol. The molecule has 2 aromatic carbocycles. The molecule has 0 bridgehead atoms. The van der Waals surface area contributed by atoms with Gasteiger partial charge in [0.1, 0.15) is 18.2 Å². The third-order valence-corrected chi connectivity index (χ3v) is 2.67. The summed E-state index contributed by atoms with van der Waals surface area (Å²) < 4.78 is 58.5. The molecule has 0 atom stereocenters. The van der Waals surface area contributed by atoms with Crippen LogP contribution in [-0.4, -0.2) is 11.1 Å². The molecule has 0 aliphatic heterocycles. The van der Waals surface area contributed by atoms with E-state index in [1.165, 1.54) is 0 Å². The molecule has 21 heavy (non-hydrogen) atoms. The van der Waals surface area contributed by atoms with Gasteiger partial charge in [-0.3, -0.25) is 0 Å². The van der Waals surface area contributed by atoms with E-state index in [0.29, 0.717) is 12.1 Å². The Balaban J connectivity index is 2.27. The van der Waals surface area contributed by atoms with Gasteiger partial charge in [0.25, 0.3) is 0 Å². The molecule has 0 aromatic heterocycles. The standard InChI is InChI=1S/C14H8F4O3/c15-9-2-1-3-10(16)8(9)6-21-13-11(17)4-7(14(19)20)5-12(13)18/h1-5H,6H2,(H,19,20). The second-order valence-electron chi connectivity index (χ2n) is 4.06. The lowest BCUT2D eigenvalue weighted by Crippen LogP contribution is -2.06. The van der Waals surface area contributed by atoms with Gasteiger partial charge in [0.2, 0.25) is 0 Å². The molecular formula is C14H8F4O3. The fraction of sp³-hybridized carbons (Fsp3) is 0.0714. The highest BCUT2D eigenvalue weighted by molar-refractivity contribution is 5.87. The van der Waals surface area contributed by atoms with Crippen molar-refractivity contribution in [3.05, 3.63) is 64.7 Å². The van der Waals surface area contributed by atoms with Crippen LogP contribution in [0.1, 0.15) is 15.9 Å². The van der Waals surface area contributed by atoms with Gasteiger partial charge in [-0.05, 0) is 24.3 Å². The Morgan fingerprint density at radius 1 is 1.00 bits per heavy atom. The van der Waals surface area contributed by atoms with Crippen molar-refractivity contribution in [2.75, 3.05) is 0 Å². The van der Waals surface area contributed by atoms with Gasteiger partial charge in [0, 0.05) is 0 Å². The van der Waals surface area contributed by atoms with Crippen LogP contribution in [0.4, 0.5) is 17.6 Å². The summed E-state index contributed by atoms with van der Waals surface area (Å²) in [5.74, 6) is -6.80. The third kappa shape index (κ3) is 3.13. The fourth-order valence-electron chi connectivity index (χ4n) is 1.64. The Morgan fingerprint density at radius 3 is 2.00 bits per heavy atom. The number of carbonyl (C=O) groups is 1. The first kappa shape index (κ1) is 14.8. The molecule has 0 aliphatic carbocycles. The predicted octanol–water partition coefficient (Wildman–Crippen LogP) is 3.52. The normalized spacial score (nSPS) is 10.5. The van der Waals surface area contributed by atoms with Crippen LogP contribution >= 0.6 is 0 Å². The topological polar surface area (TPSA) is 46.5 Å². The lowest BCUT2D eigenvalue weighted by Gasteiger charge is -2.10. The fourth-order valence-corrected chi connectivity index (χ4v) is 1.64. The molecule has 2 rings (SSSR count). The maximum atomic E-state index is 13.6. The molecule has 0 heterocycles. The first-order chi connectivity index (χ1) is 9.90. The maximum absolute atomic E-state index is 13.6. The van der Waals surface area contributed by atoms with Crippen LogP contribution in [0.25, 0.3) is 0 Å². The Morgan fingerprint density at radius 2 is 1.52 bits per heavy atom. The van der Waals surface area contributed by atoms with Gasteiger partial charge in [-0.2, -0.15) is 0 Å². The van der Waals surface area contributed by atoms with E-state index in [0.717, 1.165) is 18.2 Å². The number of carboxylic acid groups (broad SMARTS) is 1. The lowest BCUT2D eigenvalue weighted by molar-refractivity contribution is 0.0695. The van der Waals surface area contributed by atoms with E-state index >= 15 is 0 Å². The number of ether oxygens (including phenoxy) is 1. The number of benzene rings is 2. The number of rotatable bonds is 4. The van der Waals surface area contributed by atoms with Crippen molar-refractivity contribution in [2.45, 2.75) is 6.61 Å². The van der Waals surface area contributed by atoms with Crippen molar-refractivity contribution in [3.63, 3.8) is 0 Å². The maximum Gasteiger partial charge on any atom is 0.335 e. The van der Waals surface area contributed by atoms with Crippen molar-refractivity contribution in [1.29, 1.82) is 0 Å². The molecule has 7 heteroatoms. The highest BCUT2D eigenvalue weighted by Gasteiger charge is 2.17. The smallest absolute Gasteiger partial charge is 0.335 e. The third-order valence-electron chi connectivity index (χ3n) is 2.67. The Labute approximate surface area is 116 Å². The van der Waals surface area contributed by atoms with Gasteiger partial charge in [0.15, 0.2) is 17.4 Å². The molecule has 0 spiro atoms. The summed E-state index contributed by atoms with van der Waals surface area (Å²) in [6, 6.07) is 4.19. The molecule has 1 N–H and O–H groups in total. The largest absolute Gasteiger partial charge is 0.483 e. The summed E-state index contributed by atoms with van der Waals surface area (Å²) in [4.78, 5) is 10.6. The van der Waals surface area contributed by atoms with Crippen LogP contribution in [-0.2, 0) is 6.61 Å². The molecule has 0 fully saturated rings. The van der Waals surface area contributed by atoms with Crippen molar-refractivity contribution in [3.8, 4) is 5.75 Å². The van der Waals surface area contributed by atoms with Crippen molar-refractivity contribution < 1.29 is 32.2 Å². The monoisotopic (exact) mass is 300 g/mol. The molecule has 110 valence electrons. The molecule has 2 aromatic rings. The summed E-state index contributed by atoms with van der Waals surface area (Å²) in [6.07, 6.45) is 0. The van der Waals surface area contributed by atoms with Crippen molar-refractivity contribution in [2.24, 2.45) is 0 Å². The second kappa shape index (κ2) is 5.82. The highest BCUT2D eigenvalue weighted by atomic mass is 19.1. The summed E-state index contributed by atoms with van der Waals surface area (Å²) >= 11 is 0. The van der Waals surface area contributed by atoms with E-state index in [2.05, 4.69) is 0 Å². The number of carboxylic acids is 1. The minimum atomic E-state index is -1.51. The van der Waals surface area contributed by atoms with Gasteiger partial charge < -0.3 is 9.84 Å². The second-order valence-corrected chi connectivity index (χ2v) is 4.06. The van der Waals surface area contributed by atoms with Crippen LogP contribution in [0.2, 0.25) is 0 Å². The van der Waals surface area contributed by atoms with Crippen molar-refractivity contribution >= 4 is 5.97 Å². The zero-order valence-corrected chi connectivity index (χ0v) is 10.4. The molecule has 0 radical (unpaired) electrons. The van der Waals surface area contributed by atoms with E-state index in [-0.39, 0.29) is 0 Å². The summed E-state index contributed by atoms with van der Waals surface area (Å²) in [6.45, 7) is -0.737. The van der Waals surface area contributed by atoms with Gasteiger partial charge >= 0.3 is 5.97 Å². The average molecular weight is 300 g/mol. The molecule has 0 saturated heterocycles. The van der Waals surface area contributed by atoms with Gasteiger partial charge in [-0.1, -0.05) is 6.07 Å². The Hall–Kier alpha value is -2.57. The van der Waals surface area contributed by atoms with Crippen molar-refractivity contribution in [1.82, 2.24) is 0 Å². The number of hydrogen-bond acceptors (Lipinski definition) is 2. The Bertz CT molecular complexity index is 657. The number of aromatic carboxylic acids is 1. The minimum Gasteiger partial charge on any atom is -0.483 e. The molecule has 3 nitrogen and oxygen atoms in total. The van der Waals surface area contributed by atoms with E-state index < -0.39 is 52.7 Å². The van der Waals surface area contributed by atoms with E-state index in [1.807, 2.05) is 0 Å². The van der Waals surface area contributed by atoms with Crippen LogP contribution in [0.5, 0.6) is 5.75 Å². The highest BCUT2D eigenvalue weighted by Crippen LogP contribution is 2.25. The quantitative estimate of drug-likeness (QED) is 0.879. The summed E-state index contributed by atoms with van der Waals surface area (Å²) in [7, 11) is 0.